The van der Waals surface area contributed by atoms with Crippen LogP contribution in [0.1, 0.15) is 6.92 Å². The summed E-state index contributed by atoms with van der Waals surface area (Å²) >= 11 is 0. The largest absolute Gasteiger partial charge is 0.353 e. The molecule has 0 saturated heterocycles. The first-order valence-corrected chi connectivity index (χ1v) is 7.59. The summed E-state index contributed by atoms with van der Waals surface area (Å²) in [6, 6.07) is 10.2. The summed E-state index contributed by atoms with van der Waals surface area (Å²) in [4.78, 5) is 30.9. The Morgan fingerprint density at radius 2 is 1.78 bits per heavy atom. The van der Waals surface area contributed by atoms with E-state index in [0.717, 1.165) is 6.33 Å². The molecule has 11 nitrogen and oxygen atoms in total. The summed E-state index contributed by atoms with van der Waals surface area (Å²) in [5.41, 5.74) is 0.609. The SMILES string of the molecule is CC(=O)Nc1ccc(Nc2ncnc(N(CC#N)CC#N)c2[N+](=O)[O-])cc1. The van der Waals surface area contributed by atoms with E-state index >= 15 is 0 Å². The van der Waals surface area contributed by atoms with Gasteiger partial charge in [-0.15, -0.1) is 0 Å². The molecule has 0 radical (unpaired) electrons. The Kier molecular flexibility index (Phi) is 6.17. The fourth-order valence-electron chi connectivity index (χ4n) is 2.21. The molecule has 0 fully saturated rings. The van der Waals surface area contributed by atoms with E-state index in [1.165, 1.54) is 11.8 Å². The maximum atomic E-state index is 11.6. The molecule has 0 aliphatic rings. The molecule has 2 rings (SSSR count). The molecule has 0 bridgehead atoms. The number of aromatic nitrogens is 2. The highest BCUT2D eigenvalue weighted by molar-refractivity contribution is 5.89. The van der Waals surface area contributed by atoms with Crippen LogP contribution in [0, 0.1) is 32.8 Å². The lowest BCUT2D eigenvalue weighted by Crippen LogP contribution is -2.26. The van der Waals surface area contributed by atoms with Gasteiger partial charge in [-0.2, -0.15) is 10.5 Å². The van der Waals surface area contributed by atoms with E-state index in [1.54, 1.807) is 24.3 Å². The van der Waals surface area contributed by atoms with Gasteiger partial charge in [-0.3, -0.25) is 14.9 Å². The highest BCUT2D eigenvalue weighted by Crippen LogP contribution is 2.33. The zero-order valence-electron chi connectivity index (χ0n) is 14.2. The van der Waals surface area contributed by atoms with Crippen LogP contribution >= 0.6 is 0 Å². The van der Waals surface area contributed by atoms with Crippen molar-refractivity contribution in [3.63, 3.8) is 0 Å². The van der Waals surface area contributed by atoms with Gasteiger partial charge in [0.1, 0.15) is 19.4 Å². The number of benzene rings is 1. The van der Waals surface area contributed by atoms with Crippen molar-refractivity contribution in [2.75, 3.05) is 28.6 Å². The minimum absolute atomic E-state index is 0.0850. The van der Waals surface area contributed by atoms with Gasteiger partial charge in [0, 0.05) is 18.3 Å². The van der Waals surface area contributed by atoms with E-state index in [1.807, 2.05) is 12.1 Å². The molecule has 11 heteroatoms. The Hall–Kier alpha value is -4.25. The molecule has 136 valence electrons. The van der Waals surface area contributed by atoms with Crippen LogP contribution in [0.3, 0.4) is 0 Å². The zero-order chi connectivity index (χ0) is 19.8. The number of amides is 1. The minimum atomic E-state index is -0.676. The first kappa shape index (κ1) is 19.1. The van der Waals surface area contributed by atoms with Crippen LogP contribution in [-0.2, 0) is 4.79 Å². The molecule has 0 unspecified atom stereocenters. The average Bonchev–Trinajstić information content (AvgIpc) is 2.62. The number of carbonyl (C=O) groups is 1. The molecule has 0 aliphatic heterocycles. The van der Waals surface area contributed by atoms with E-state index in [4.69, 9.17) is 10.5 Å². The molecule has 1 aromatic heterocycles. The summed E-state index contributed by atoms with van der Waals surface area (Å²) in [6.45, 7) is 0.901. The first-order valence-electron chi connectivity index (χ1n) is 7.59. The standard InChI is InChI=1S/C16H14N8O3/c1-11(25)21-12-2-4-13(5-3-12)22-15-14(24(26)27)16(20-10-19-15)23(8-6-17)9-7-18/h2-5,10H,8-9H2,1H3,(H,21,25)(H,19,20,22). The van der Waals surface area contributed by atoms with E-state index < -0.39 is 10.6 Å². The first-order chi connectivity index (χ1) is 13.0. The molecule has 1 amide bonds. The third kappa shape index (κ3) is 4.87. The van der Waals surface area contributed by atoms with Crippen molar-refractivity contribution in [1.82, 2.24) is 9.97 Å². The summed E-state index contributed by atoms with van der Waals surface area (Å²) in [6.07, 6.45) is 1.11. The van der Waals surface area contributed by atoms with Crippen LogP contribution in [0.15, 0.2) is 30.6 Å². The normalized spacial score (nSPS) is 9.59. The van der Waals surface area contributed by atoms with Crippen LogP contribution in [0.25, 0.3) is 0 Å². The predicted octanol–water partition coefficient (Wildman–Crippen LogP) is 1.94. The maximum absolute atomic E-state index is 11.6. The number of hydrogen-bond donors (Lipinski definition) is 2. The summed E-state index contributed by atoms with van der Waals surface area (Å²) in [7, 11) is 0. The van der Waals surface area contributed by atoms with Gasteiger partial charge in [0.25, 0.3) is 0 Å². The van der Waals surface area contributed by atoms with Gasteiger partial charge in [0.15, 0.2) is 0 Å². The van der Waals surface area contributed by atoms with Crippen LogP contribution in [0.5, 0.6) is 0 Å². The van der Waals surface area contributed by atoms with Crippen molar-refractivity contribution in [2.45, 2.75) is 6.92 Å². The van der Waals surface area contributed by atoms with Gasteiger partial charge in [0.05, 0.1) is 17.1 Å². The molecular formula is C16H14N8O3. The lowest BCUT2D eigenvalue weighted by molar-refractivity contribution is -0.383. The van der Waals surface area contributed by atoms with Crippen molar-refractivity contribution in [3.05, 3.63) is 40.7 Å². The number of nitrogens with one attached hydrogen (secondary N) is 2. The van der Waals surface area contributed by atoms with Crippen molar-refractivity contribution in [1.29, 1.82) is 10.5 Å². The van der Waals surface area contributed by atoms with Crippen molar-refractivity contribution < 1.29 is 9.72 Å². The molecular weight excluding hydrogens is 352 g/mol. The molecule has 0 saturated carbocycles. The molecule has 0 aliphatic carbocycles. The van der Waals surface area contributed by atoms with Gasteiger partial charge in [-0.05, 0) is 24.3 Å². The number of anilines is 4. The van der Waals surface area contributed by atoms with Gasteiger partial charge in [-0.1, -0.05) is 0 Å². The van der Waals surface area contributed by atoms with Crippen LogP contribution < -0.4 is 15.5 Å². The Bertz CT molecular complexity index is 914. The monoisotopic (exact) mass is 366 g/mol. The van der Waals surface area contributed by atoms with Crippen molar-refractivity contribution in [2.24, 2.45) is 0 Å². The van der Waals surface area contributed by atoms with Gasteiger partial charge in [-0.25, -0.2) is 9.97 Å². The third-order valence-corrected chi connectivity index (χ3v) is 3.28. The fraction of sp³-hybridized carbons (Fsp3) is 0.188. The highest BCUT2D eigenvalue weighted by Gasteiger charge is 2.27. The second kappa shape index (κ2) is 8.73. The Balaban J connectivity index is 2.38. The second-order valence-corrected chi connectivity index (χ2v) is 5.21. The van der Waals surface area contributed by atoms with E-state index in [9.17, 15) is 14.9 Å². The van der Waals surface area contributed by atoms with Crippen molar-refractivity contribution >= 4 is 34.6 Å². The number of nitrogens with zero attached hydrogens (tertiary/aromatic N) is 6. The lowest BCUT2D eigenvalue weighted by atomic mass is 10.2. The highest BCUT2D eigenvalue weighted by atomic mass is 16.6. The van der Waals surface area contributed by atoms with Crippen LogP contribution in [0.2, 0.25) is 0 Å². The van der Waals surface area contributed by atoms with E-state index in [2.05, 4.69) is 20.6 Å². The van der Waals surface area contributed by atoms with Crippen LogP contribution in [-0.4, -0.2) is 33.9 Å². The quantitative estimate of drug-likeness (QED) is 0.423. The predicted molar refractivity (Wildman–Crippen MR) is 96.2 cm³/mol. The topological polar surface area (TPSA) is 161 Å². The molecule has 2 N–H and O–H groups in total. The molecule has 0 atom stereocenters. The second-order valence-electron chi connectivity index (χ2n) is 5.21. The molecule has 0 spiro atoms. The minimum Gasteiger partial charge on any atom is -0.334 e. The lowest BCUT2D eigenvalue weighted by Gasteiger charge is -2.17. The molecule has 2 aromatic rings. The van der Waals surface area contributed by atoms with E-state index in [0.29, 0.717) is 11.4 Å². The fourth-order valence-corrected chi connectivity index (χ4v) is 2.21. The molecule has 27 heavy (non-hydrogen) atoms. The number of hydrogen-bond acceptors (Lipinski definition) is 9. The van der Waals surface area contributed by atoms with Crippen molar-refractivity contribution in [3.8, 4) is 12.1 Å². The Labute approximate surface area is 154 Å². The summed E-state index contributed by atoms with van der Waals surface area (Å²) in [5, 5.41) is 34.8. The van der Waals surface area contributed by atoms with E-state index in [-0.39, 0.29) is 30.6 Å². The summed E-state index contributed by atoms with van der Waals surface area (Å²) < 4.78 is 0. The summed E-state index contributed by atoms with van der Waals surface area (Å²) in [5.74, 6) is -0.435. The number of nitro groups is 1. The molecule has 1 aromatic carbocycles. The third-order valence-electron chi connectivity index (χ3n) is 3.28. The number of nitriles is 2. The maximum Gasteiger partial charge on any atom is 0.353 e. The number of carbonyl (C=O) groups excluding carboxylic acids is 1. The van der Waals surface area contributed by atoms with Crippen LogP contribution in [0.4, 0.5) is 28.7 Å². The van der Waals surface area contributed by atoms with Gasteiger partial charge < -0.3 is 15.5 Å². The average molecular weight is 366 g/mol. The zero-order valence-corrected chi connectivity index (χ0v) is 14.2. The van der Waals surface area contributed by atoms with Gasteiger partial charge in [0.2, 0.25) is 17.5 Å². The smallest absolute Gasteiger partial charge is 0.334 e. The Morgan fingerprint density at radius 1 is 1.19 bits per heavy atom. The number of rotatable bonds is 7. The molecule has 1 heterocycles. The Morgan fingerprint density at radius 3 is 2.30 bits per heavy atom. The van der Waals surface area contributed by atoms with Gasteiger partial charge >= 0.3 is 5.69 Å².